The van der Waals surface area contributed by atoms with Crippen LogP contribution in [-0.2, 0) is 6.54 Å². The van der Waals surface area contributed by atoms with Gasteiger partial charge in [-0.3, -0.25) is 0 Å². The van der Waals surface area contributed by atoms with Crippen LogP contribution in [0.15, 0.2) is 70.2 Å². The molecule has 1 aromatic heterocycles. The number of benzene rings is 2. The minimum absolute atomic E-state index is 0.730. The molecule has 0 saturated carbocycles. The molecule has 0 radical (unpaired) electrons. The molecule has 1 heterocycles. The van der Waals surface area contributed by atoms with Gasteiger partial charge in [0.25, 0.3) is 0 Å². The van der Waals surface area contributed by atoms with Crippen LogP contribution in [0.1, 0.15) is 5.69 Å². The van der Waals surface area contributed by atoms with Gasteiger partial charge in [-0.1, -0.05) is 34.1 Å². The smallest absolute Gasteiger partial charge is 0.0969 e. The van der Waals surface area contributed by atoms with Crippen molar-refractivity contribution in [1.82, 2.24) is 20.3 Å². The molecule has 6 heteroatoms. The van der Waals surface area contributed by atoms with E-state index in [0.717, 1.165) is 34.7 Å². The van der Waals surface area contributed by atoms with Gasteiger partial charge in [-0.25, -0.2) is 0 Å². The number of rotatable bonds is 7. The lowest BCUT2D eigenvalue weighted by atomic mass is 10.3. The Morgan fingerprint density at radius 2 is 1.83 bits per heavy atom. The number of aromatic nitrogens is 3. The third-order valence-corrected chi connectivity index (χ3v) is 4.74. The maximum Gasteiger partial charge on any atom is 0.0969 e. The van der Waals surface area contributed by atoms with Crippen molar-refractivity contribution in [1.29, 1.82) is 0 Å². The van der Waals surface area contributed by atoms with Crippen molar-refractivity contribution >= 4 is 27.7 Å². The summed E-state index contributed by atoms with van der Waals surface area (Å²) in [4.78, 5) is 2.94. The van der Waals surface area contributed by atoms with Crippen molar-refractivity contribution < 1.29 is 0 Å². The van der Waals surface area contributed by atoms with Gasteiger partial charge in [0.1, 0.15) is 0 Å². The van der Waals surface area contributed by atoms with Gasteiger partial charge >= 0.3 is 0 Å². The number of thioether (sulfide) groups is 1. The van der Waals surface area contributed by atoms with Gasteiger partial charge in [-0.15, -0.1) is 11.8 Å². The zero-order valence-electron chi connectivity index (χ0n) is 12.5. The van der Waals surface area contributed by atoms with Crippen LogP contribution < -0.4 is 5.32 Å². The van der Waals surface area contributed by atoms with E-state index in [1.807, 2.05) is 48.3 Å². The Morgan fingerprint density at radius 3 is 2.61 bits per heavy atom. The maximum atomic E-state index is 4.48. The Morgan fingerprint density at radius 1 is 1.04 bits per heavy atom. The van der Waals surface area contributed by atoms with Crippen LogP contribution in [0.3, 0.4) is 0 Å². The van der Waals surface area contributed by atoms with E-state index in [4.69, 9.17) is 0 Å². The van der Waals surface area contributed by atoms with E-state index in [0.29, 0.717) is 0 Å². The van der Waals surface area contributed by atoms with Crippen LogP contribution in [-0.4, -0.2) is 27.3 Å². The molecule has 2 aromatic carbocycles. The minimum Gasteiger partial charge on any atom is -0.310 e. The second-order valence-corrected chi connectivity index (χ2v) is 7.02. The van der Waals surface area contributed by atoms with Gasteiger partial charge in [0.15, 0.2) is 0 Å². The summed E-state index contributed by atoms with van der Waals surface area (Å²) < 4.78 is 1.11. The van der Waals surface area contributed by atoms with Gasteiger partial charge in [0.05, 0.1) is 17.6 Å². The van der Waals surface area contributed by atoms with Gasteiger partial charge in [0, 0.05) is 28.2 Å². The van der Waals surface area contributed by atoms with E-state index in [9.17, 15) is 0 Å². The summed E-state index contributed by atoms with van der Waals surface area (Å²) in [5, 5.41) is 12.2. The summed E-state index contributed by atoms with van der Waals surface area (Å²) in [6, 6.07) is 18.3. The molecule has 1 N–H and O–H groups in total. The molecule has 3 rings (SSSR count). The Bertz CT molecular complexity index is 728. The Labute approximate surface area is 148 Å². The first-order chi connectivity index (χ1) is 11.3. The predicted octanol–water partition coefficient (Wildman–Crippen LogP) is 3.91. The summed E-state index contributed by atoms with van der Waals surface area (Å²) in [5.74, 6) is 1.02. The van der Waals surface area contributed by atoms with Crippen molar-refractivity contribution in [2.75, 3.05) is 12.3 Å². The molecule has 3 aromatic rings. The lowest BCUT2D eigenvalue weighted by Crippen LogP contribution is -2.17. The van der Waals surface area contributed by atoms with Crippen LogP contribution >= 0.6 is 27.7 Å². The molecule has 23 heavy (non-hydrogen) atoms. The molecular formula is C17H17BrN4S. The highest BCUT2D eigenvalue weighted by Gasteiger charge is 2.02. The molecule has 0 fully saturated rings. The molecule has 0 aliphatic rings. The summed E-state index contributed by atoms with van der Waals surface area (Å²) in [5.41, 5.74) is 1.92. The van der Waals surface area contributed by atoms with E-state index in [-0.39, 0.29) is 0 Å². The fraction of sp³-hybridized carbons (Fsp3) is 0.176. The monoisotopic (exact) mass is 388 g/mol. The average molecular weight is 389 g/mol. The average Bonchev–Trinajstić information content (AvgIpc) is 3.06. The third kappa shape index (κ3) is 4.92. The number of para-hydroxylation sites is 1. The summed E-state index contributed by atoms with van der Waals surface area (Å²) in [6.07, 6.45) is 1.81. The SMILES string of the molecule is Brc1ccc(SCCNCc2cnn(-c3ccccc3)n2)cc1. The molecule has 0 atom stereocenters. The van der Waals surface area contributed by atoms with Gasteiger partial charge in [0.2, 0.25) is 0 Å². The lowest BCUT2D eigenvalue weighted by molar-refractivity contribution is 0.687. The van der Waals surface area contributed by atoms with E-state index in [1.54, 1.807) is 4.80 Å². The number of nitrogens with zero attached hydrogens (tertiary/aromatic N) is 3. The van der Waals surface area contributed by atoms with Crippen molar-refractivity contribution in [3.63, 3.8) is 0 Å². The topological polar surface area (TPSA) is 42.7 Å². The molecular weight excluding hydrogens is 372 g/mol. The standard InChI is InChI=1S/C17H17BrN4S/c18-14-6-8-17(9-7-14)23-11-10-19-12-15-13-20-22(21-15)16-4-2-1-3-5-16/h1-9,13,19H,10-12H2. The highest BCUT2D eigenvalue weighted by atomic mass is 79.9. The molecule has 0 bridgehead atoms. The fourth-order valence-corrected chi connectivity index (χ4v) is 3.12. The largest absolute Gasteiger partial charge is 0.310 e. The molecule has 0 unspecified atom stereocenters. The van der Waals surface area contributed by atoms with E-state index >= 15 is 0 Å². The summed E-state index contributed by atoms with van der Waals surface area (Å²) in [7, 11) is 0. The third-order valence-electron chi connectivity index (χ3n) is 3.19. The number of hydrogen-bond donors (Lipinski definition) is 1. The van der Waals surface area contributed by atoms with Gasteiger partial charge < -0.3 is 5.32 Å². The molecule has 0 aliphatic carbocycles. The predicted molar refractivity (Wildman–Crippen MR) is 97.9 cm³/mol. The number of nitrogens with one attached hydrogen (secondary N) is 1. The zero-order valence-corrected chi connectivity index (χ0v) is 14.9. The first-order valence-corrected chi connectivity index (χ1v) is 9.15. The second-order valence-electron chi connectivity index (χ2n) is 4.94. The quantitative estimate of drug-likeness (QED) is 0.492. The summed E-state index contributed by atoms with van der Waals surface area (Å²) >= 11 is 5.29. The molecule has 0 saturated heterocycles. The van der Waals surface area contributed by atoms with E-state index in [1.165, 1.54) is 4.90 Å². The number of halogens is 1. The van der Waals surface area contributed by atoms with Gasteiger partial charge in [-0.05, 0) is 36.4 Å². The van der Waals surface area contributed by atoms with Crippen molar-refractivity contribution in [2.24, 2.45) is 0 Å². The maximum absolute atomic E-state index is 4.48. The molecule has 4 nitrogen and oxygen atoms in total. The number of hydrogen-bond acceptors (Lipinski definition) is 4. The second kappa shape index (κ2) is 8.29. The lowest BCUT2D eigenvalue weighted by Gasteiger charge is -2.03. The van der Waals surface area contributed by atoms with Crippen LogP contribution in [0.25, 0.3) is 5.69 Å². The first kappa shape index (κ1) is 16.2. The fourth-order valence-electron chi connectivity index (χ4n) is 2.05. The zero-order chi connectivity index (χ0) is 15.9. The first-order valence-electron chi connectivity index (χ1n) is 7.37. The molecule has 0 aliphatic heterocycles. The highest BCUT2D eigenvalue weighted by molar-refractivity contribution is 9.10. The highest BCUT2D eigenvalue weighted by Crippen LogP contribution is 2.19. The Hall–Kier alpha value is -1.63. The molecule has 0 spiro atoms. The van der Waals surface area contributed by atoms with E-state index in [2.05, 4.69) is 55.7 Å². The van der Waals surface area contributed by atoms with Crippen molar-refractivity contribution in [2.45, 2.75) is 11.4 Å². The van der Waals surface area contributed by atoms with E-state index < -0.39 is 0 Å². The summed E-state index contributed by atoms with van der Waals surface area (Å²) in [6.45, 7) is 1.66. The normalized spacial score (nSPS) is 10.8. The van der Waals surface area contributed by atoms with Crippen LogP contribution in [0, 0.1) is 0 Å². The Balaban J connectivity index is 1.41. The van der Waals surface area contributed by atoms with Crippen molar-refractivity contribution in [3.8, 4) is 5.69 Å². The molecule has 0 amide bonds. The Kier molecular flexibility index (Phi) is 5.85. The minimum atomic E-state index is 0.730. The van der Waals surface area contributed by atoms with Crippen LogP contribution in [0.5, 0.6) is 0 Å². The van der Waals surface area contributed by atoms with Crippen LogP contribution in [0.4, 0.5) is 0 Å². The van der Waals surface area contributed by atoms with Crippen molar-refractivity contribution in [3.05, 3.63) is 71.0 Å². The molecule has 118 valence electrons. The van der Waals surface area contributed by atoms with Gasteiger partial charge in [-0.2, -0.15) is 15.0 Å². The van der Waals surface area contributed by atoms with Crippen LogP contribution in [0.2, 0.25) is 0 Å².